The van der Waals surface area contributed by atoms with Crippen LogP contribution < -0.4 is 0 Å². The van der Waals surface area contributed by atoms with Gasteiger partial charge in [0.2, 0.25) is 17.7 Å². The van der Waals surface area contributed by atoms with E-state index < -0.39 is 0 Å². The van der Waals surface area contributed by atoms with E-state index in [1.165, 1.54) is 12.8 Å². The van der Waals surface area contributed by atoms with Crippen molar-refractivity contribution in [3.05, 3.63) is 11.7 Å². The van der Waals surface area contributed by atoms with Crippen LogP contribution in [-0.4, -0.2) is 57.9 Å². The molecule has 0 aromatic carbocycles. The molecule has 3 heterocycles. The summed E-state index contributed by atoms with van der Waals surface area (Å²) in [6.07, 6.45) is 7.02. The van der Waals surface area contributed by atoms with Crippen molar-refractivity contribution in [2.75, 3.05) is 26.2 Å². The van der Waals surface area contributed by atoms with Crippen LogP contribution in [0.25, 0.3) is 0 Å². The van der Waals surface area contributed by atoms with E-state index in [1.54, 1.807) is 4.90 Å². The van der Waals surface area contributed by atoms with Crippen molar-refractivity contribution in [1.29, 1.82) is 0 Å². The molecule has 3 aliphatic rings. The fourth-order valence-corrected chi connectivity index (χ4v) is 4.87. The standard InChI is InChI=1S/C20H30N4O3/c1-14(2)18-21-19(27-22-18)15-5-9-23(10-6-15)17(26)12-24-13-20(11-16(24)25)7-3-4-8-20/h14-15H,3-13H2,1-2H3. The number of hydrogen-bond donors (Lipinski definition) is 0. The smallest absolute Gasteiger partial charge is 0.242 e. The van der Waals surface area contributed by atoms with Crippen molar-refractivity contribution in [2.24, 2.45) is 5.41 Å². The lowest BCUT2D eigenvalue weighted by Gasteiger charge is -2.32. The van der Waals surface area contributed by atoms with Gasteiger partial charge in [0, 0.05) is 37.9 Å². The van der Waals surface area contributed by atoms with Gasteiger partial charge in [-0.15, -0.1) is 0 Å². The van der Waals surface area contributed by atoms with E-state index in [-0.39, 0.29) is 35.6 Å². The molecule has 1 aromatic rings. The monoisotopic (exact) mass is 374 g/mol. The zero-order chi connectivity index (χ0) is 19.0. The van der Waals surface area contributed by atoms with Crippen LogP contribution in [0.4, 0.5) is 0 Å². The van der Waals surface area contributed by atoms with Crippen LogP contribution in [-0.2, 0) is 9.59 Å². The summed E-state index contributed by atoms with van der Waals surface area (Å²) in [5.41, 5.74) is 0.163. The van der Waals surface area contributed by atoms with Gasteiger partial charge in [-0.2, -0.15) is 4.98 Å². The van der Waals surface area contributed by atoms with E-state index in [9.17, 15) is 9.59 Å². The number of amides is 2. The Morgan fingerprint density at radius 2 is 1.96 bits per heavy atom. The zero-order valence-electron chi connectivity index (χ0n) is 16.4. The van der Waals surface area contributed by atoms with E-state index in [0.717, 1.165) is 38.1 Å². The number of aromatic nitrogens is 2. The van der Waals surface area contributed by atoms with Crippen molar-refractivity contribution in [1.82, 2.24) is 19.9 Å². The molecule has 0 radical (unpaired) electrons. The lowest BCUT2D eigenvalue weighted by Crippen LogP contribution is -2.44. The zero-order valence-corrected chi connectivity index (χ0v) is 16.4. The molecule has 0 N–H and O–H groups in total. The SMILES string of the molecule is CC(C)c1noc(C2CCN(C(=O)CN3CC4(CCCC4)CC3=O)CC2)n1. The van der Waals surface area contributed by atoms with E-state index in [4.69, 9.17) is 4.52 Å². The van der Waals surface area contributed by atoms with E-state index in [0.29, 0.717) is 25.4 Å². The molecule has 0 bridgehead atoms. The summed E-state index contributed by atoms with van der Waals surface area (Å²) in [6.45, 7) is 6.49. The van der Waals surface area contributed by atoms with Crippen molar-refractivity contribution < 1.29 is 14.1 Å². The second-order valence-corrected chi connectivity index (χ2v) is 8.93. The minimum atomic E-state index is 0.0743. The highest BCUT2D eigenvalue weighted by Gasteiger charge is 2.45. The van der Waals surface area contributed by atoms with Crippen LogP contribution in [0.15, 0.2) is 4.52 Å². The molecule has 7 heteroatoms. The lowest BCUT2D eigenvalue weighted by atomic mass is 9.85. The Morgan fingerprint density at radius 1 is 1.26 bits per heavy atom. The third kappa shape index (κ3) is 3.73. The van der Waals surface area contributed by atoms with Gasteiger partial charge < -0.3 is 14.3 Å². The molecule has 1 aliphatic carbocycles. The average molecular weight is 374 g/mol. The van der Waals surface area contributed by atoms with Crippen LogP contribution in [0.3, 0.4) is 0 Å². The number of likely N-dealkylation sites (tertiary alicyclic amines) is 2. The van der Waals surface area contributed by atoms with Crippen LogP contribution in [0, 0.1) is 5.41 Å². The van der Waals surface area contributed by atoms with Gasteiger partial charge in [-0.25, -0.2) is 0 Å². The topological polar surface area (TPSA) is 79.5 Å². The lowest BCUT2D eigenvalue weighted by molar-refractivity contribution is -0.139. The van der Waals surface area contributed by atoms with Gasteiger partial charge in [0.1, 0.15) is 0 Å². The van der Waals surface area contributed by atoms with Gasteiger partial charge in [0.15, 0.2) is 5.82 Å². The molecule has 0 atom stereocenters. The first-order chi connectivity index (χ1) is 13.0. The summed E-state index contributed by atoms with van der Waals surface area (Å²) in [5, 5.41) is 4.05. The summed E-state index contributed by atoms with van der Waals surface area (Å²) >= 11 is 0. The van der Waals surface area contributed by atoms with Crippen LogP contribution >= 0.6 is 0 Å². The summed E-state index contributed by atoms with van der Waals surface area (Å²) in [4.78, 5) is 33.3. The van der Waals surface area contributed by atoms with Gasteiger partial charge >= 0.3 is 0 Å². The normalized spacial score (nSPS) is 23.1. The Kier molecular flexibility index (Phi) is 4.95. The number of rotatable bonds is 4. The van der Waals surface area contributed by atoms with Gasteiger partial charge in [-0.1, -0.05) is 31.8 Å². The number of piperidine rings is 1. The van der Waals surface area contributed by atoms with E-state index >= 15 is 0 Å². The Bertz CT molecular complexity index is 700. The third-order valence-corrected chi connectivity index (χ3v) is 6.57. The summed E-state index contributed by atoms with van der Waals surface area (Å²) in [5.74, 6) is 2.16. The fourth-order valence-electron chi connectivity index (χ4n) is 4.87. The molecule has 27 heavy (non-hydrogen) atoms. The third-order valence-electron chi connectivity index (χ3n) is 6.57. The fraction of sp³-hybridized carbons (Fsp3) is 0.800. The quantitative estimate of drug-likeness (QED) is 0.809. The molecule has 2 amide bonds. The van der Waals surface area contributed by atoms with E-state index in [1.807, 2.05) is 18.7 Å². The van der Waals surface area contributed by atoms with Crippen molar-refractivity contribution in [3.63, 3.8) is 0 Å². The van der Waals surface area contributed by atoms with Gasteiger partial charge in [-0.3, -0.25) is 9.59 Å². The second-order valence-electron chi connectivity index (χ2n) is 8.93. The van der Waals surface area contributed by atoms with Crippen molar-refractivity contribution in [2.45, 2.75) is 70.6 Å². The largest absolute Gasteiger partial charge is 0.341 e. The van der Waals surface area contributed by atoms with Crippen LogP contribution in [0.2, 0.25) is 0 Å². The molecule has 2 saturated heterocycles. The average Bonchev–Trinajstić information content (AvgIpc) is 3.37. The Morgan fingerprint density at radius 3 is 2.59 bits per heavy atom. The maximum absolute atomic E-state index is 12.7. The molecule has 1 aromatic heterocycles. The number of hydrogen-bond acceptors (Lipinski definition) is 5. The number of nitrogens with zero attached hydrogens (tertiary/aromatic N) is 4. The Balaban J connectivity index is 1.29. The number of carbonyl (C=O) groups excluding carboxylic acids is 2. The molecule has 4 rings (SSSR count). The molecular weight excluding hydrogens is 344 g/mol. The predicted octanol–water partition coefficient (Wildman–Crippen LogP) is 2.69. The highest BCUT2D eigenvalue weighted by Crippen LogP contribution is 2.45. The first-order valence-corrected chi connectivity index (χ1v) is 10.3. The maximum Gasteiger partial charge on any atom is 0.242 e. The highest BCUT2D eigenvalue weighted by atomic mass is 16.5. The minimum Gasteiger partial charge on any atom is -0.341 e. The molecule has 7 nitrogen and oxygen atoms in total. The van der Waals surface area contributed by atoms with Crippen LogP contribution in [0.5, 0.6) is 0 Å². The van der Waals surface area contributed by atoms with Crippen LogP contribution in [0.1, 0.15) is 82.3 Å². The highest BCUT2D eigenvalue weighted by molar-refractivity contribution is 5.86. The van der Waals surface area contributed by atoms with Crippen molar-refractivity contribution in [3.8, 4) is 0 Å². The van der Waals surface area contributed by atoms with E-state index in [2.05, 4.69) is 10.1 Å². The molecule has 3 fully saturated rings. The summed E-state index contributed by atoms with van der Waals surface area (Å²) in [7, 11) is 0. The molecular formula is C20H30N4O3. The Hall–Kier alpha value is -1.92. The first kappa shape index (κ1) is 18.4. The van der Waals surface area contributed by atoms with Gasteiger partial charge in [0.25, 0.3) is 0 Å². The van der Waals surface area contributed by atoms with Crippen molar-refractivity contribution >= 4 is 11.8 Å². The summed E-state index contributed by atoms with van der Waals surface area (Å²) in [6, 6.07) is 0. The molecule has 148 valence electrons. The molecule has 1 saturated carbocycles. The van der Waals surface area contributed by atoms with Gasteiger partial charge in [0.05, 0.1) is 6.54 Å². The van der Waals surface area contributed by atoms with Gasteiger partial charge in [-0.05, 0) is 31.1 Å². The molecule has 2 aliphatic heterocycles. The maximum atomic E-state index is 12.7. The predicted molar refractivity (Wildman–Crippen MR) is 99.0 cm³/mol. The first-order valence-electron chi connectivity index (χ1n) is 10.3. The molecule has 0 unspecified atom stereocenters. The Labute approximate surface area is 160 Å². The number of carbonyl (C=O) groups is 2. The molecule has 1 spiro atoms. The second kappa shape index (κ2) is 7.24. The minimum absolute atomic E-state index is 0.0743. The summed E-state index contributed by atoms with van der Waals surface area (Å²) < 4.78 is 5.42.